The van der Waals surface area contributed by atoms with Gasteiger partial charge in [0.25, 0.3) is 0 Å². The molecule has 0 unspecified atom stereocenters. The van der Waals surface area contributed by atoms with E-state index in [0.29, 0.717) is 10.5 Å². The fourth-order valence-electron chi connectivity index (χ4n) is 1.31. The summed E-state index contributed by atoms with van der Waals surface area (Å²) in [7, 11) is 0.451. The molecule has 0 spiro atoms. The van der Waals surface area contributed by atoms with E-state index in [2.05, 4.69) is 0 Å². The summed E-state index contributed by atoms with van der Waals surface area (Å²) in [4.78, 5) is 0. The van der Waals surface area contributed by atoms with Gasteiger partial charge in [0.1, 0.15) is 0 Å². The monoisotopic (exact) mass is 278 g/mol. The first kappa shape index (κ1) is 18.1. The van der Waals surface area contributed by atoms with Gasteiger partial charge in [-0.05, 0) is 62.3 Å². The third-order valence-corrected chi connectivity index (χ3v) is 2.04. The topological polar surface area (TPSA) is 36.9 Å². The predicted octanol–water partition coefficient (Wildman–Crippen LogP) is 2.34. The fraction of sp³-hybridized carbons (Fsp3) is 1.00. The first-order valence-electron chi connectivity index (χ1n) is 6.34. The maximum atomic E-state index is 5.89. The second kappa shape index (κ2) is 5.59. The van der Waals surface area contributed by atoms with Crippen LogP contribution in [0.25, 0.3) is 0 Å². The van der Waals surface area contributed by atoms with Crippen LogP contribution in [-0.2, 0) is 18.6 Å². The molecule has 4 nitrogen and oxygen atoms in total. The van der Waals surface area contributed by atoms with Crippen molar-refractivity contribution in [2.75, 3.05) is 0 Å². The normalized spacial score (nSPS) is 15.2. The van der Waals surface area contributed by atoms with Gasteiger partial charge in [0.15, 0.2) is 10.5 Å². The van der Waals surface area contributed by atoms with Crippen LogP contribution in [-0.4, -0.2) is 33.4 Å². The van der Waals surface area contributed by atoms with E-state index in [9.17, 15) is 0 Å². The Bertz CT molecular complexity index is 217. The Morgan fingerprint density at radius 2 is 0.778 bits per heavy atom. The molecule has 0 rings (SSSR count). The lowest BCUT2D eigenvalue weighted by Gasteiger charge is -2.43. The number of hydrogen-bond acceptors (Lipinski definition) is 4. The molecule has 0 fully saturated rings. The summed E-state index contributed by atoms with van der Waals surface area (Å²) in [6, 6.07) is 0. The van der Waals surface area contributed by atoms with Crippen molar-refractivity contribution in [3.05, 3.63) is 0 Å². The molecule has 0 atom stereocenters. The highest BCUT2D eigenvalue weighted by Gasteiger charge is 2.45. The molecule has 0 aromatic heterocycles. The fourth-order valence-corrected chi connectivity index (χ4v) is 1.56. The van der Waals surface area contributed by atoms with Crippen molar-refractivity contribution in [3.63, 3.8) is 0 Å². The molecule has 0 radical (unpaired) electrons. The zero-order valence-corrected chi connectivity index (χ0v) is 15.6. The van der Waals surface area contributed by atoms with Crippen molar-refractivity contribution in [1.29, 1.82) is 0 Å². The van der Waals surface area contributed by atoms with Gasteiger partial charge in [0.05, 0.1) is 16.8 Å². The van der Waals surface area contributed by atoms with Gasteiger partial charge in [-0.25, -0.2) is 0 Å². The number of ether oxygens (including phenoxy) is 3. The van der Waals surface area contributed by atoms with Crippen molar-refractivity contribution in [3.8, 4) is 0 Å². The third kappa shape index (κ3) is 8.21. The highest BCUT2D eigenvalue weighted by molar-refractivity contribution is 5.98. The second-order valence-corrected chi connectivity index (χ2v) is 7.76. The van der Waals surface area contributed by atoms with Crippen molar-refractivity contribution < 1.29 is 18.6 Å². The van der Waals surface area contributed by atoms with E-state index < -0.39 is 23.0 Å². The summed E-state index contributed by atoms with van der Waals surface area (Å²) >= 11 is 0. The van der Waals surface area contributed by atoms with Gasteiger partial charge < -0.3 is 4.43 Å². The quantitative estimate of drug-likeness (QED) is 0.584. The summed E-state index contributed by atoms with van der Waals surface area (Å²) in [6.45, 7) is 17.5. The molecular weight excluding hydrogens is 248 g/mol. The summed E-state index contributed by atoms with van der Waals surface area (Å²) in [5.41, 5.74) is -1.29. The van der Waals surface area contributed by atoms with Crippen LogP contribution in [0.1, 0.15) is 62.3 Å². The van der Waals surface area contributed by atoms with Gasteiger partial charge in [-0.15, -0.1) is 0 Å². The minimum Gasteiger partial charge on any atom is -0.357 e. The Balaban J connectivity index is 5.20. The molecule has 0 aromatic rings. The summed E-state index contributed by atoms with van der Waals surface area (Å²) in [5.74, 6) is 0. The predicted molar refractivity (Wildman–Crippen MR) is 76.3 cm³/mol. The minimum absolute atomic E-state index is 0.430. The highest BCUT2D eigenvalue weighted by Crippen LogP contribution is 2.32. The van der Waals surface area contributed by atoms with Crippen LogP contribution in [0.4, 0.5) is 0 Å². The highest BCUT2D eigenvalue weighted by atomic mass is 28.2. The van der Waals surface area contributed by atoms with E-state index in [1.807, 2.05) is 62.3 Å². The Morgan fingerprint density at radius 1 is 0.556 bits per heavy atom. The maximum Gasteiger partial charge on any atom is 0.403 e. The van der Waals surface area contributed by atoms with Crippen LogP contribution in [0.15, 0.2) is 0 Å². The molecule has 0 aromatic carbocycles. The Morgan fingerprint density at radius 3 is 0.889 bits per heavy atom. The lowest BCUT2D eigenvalue weighted by Crippen LogP contribution is -2.53. The van der Waals surface area contributed by atoms with Gasteiger partial charge >= 0.3 is 6.16 Å². The second-order valence-electron chi connectivity index (χ2n) is 7.35. The van der Waals surface area contributed by atoms with E-state index in [1.165, 1.54) is 0 Å². The Labute approximate surface area is 115 Å². The summed E-state index contributed by atoms with van der Waals surface area (Å²) in [5, 5.41) is 0. The average molecular weight is 278 g/mol. The van der Waals surface area contributed by atoms with E-state index in [4.69, 9.17) is 18.6 Å². The standard InChI is InChI=1S/C13H30O4Si/c1-10(2,3)14-13(17-18,15-11(4,5)6)16-12(7,8)9/h1-9,18H3. The van der Waals surface area contributed by atoms with Crippen LogP contribution in [0, 0.1) is 0 Å². The molecule has 0 amide bonds. The molecule has 110 valence electrons. The molecule has 18 heavy (non-hydrogen) atoms. The molecule has 5 heteroatoms. The lowest BCUT2D eigenvalue weighted by atomic mass is 10.2. The van der Waals surface area contributed by atoms with Gasteiger partial charge in [0.2, 0.25) is 0 Å². The van der Waals surface area contributed by atoms with Crippen LogP contribution >= 0.6 is 0 Å². The largest absolute Gasteiger partial charge is 0.403 e. The van der Waals surface area contributed by atoms with Crippen molar-refractivity contribution in [2.45, 2.75) is 85.3 Å². The third-order valence-electron chi connectivity index (χ3n) is 1.54. The van der Waals surface area contributed by atoms with Crippen LogP contribution < -0.4 is 0 Å². The molecule has 0 N–H and O–H groups in total. The van der Waals surface area contributed by atoms with Gasteiger partial charge in [0, 0.05) is 0 Å². The molecule has 0 saturated carbocycles. The van der Waals surface area contributed by atoms with Crippen LogP contribution in [0.5, 0.6) is 0 Å². The Kier molecular flexibility index (Phi) is 5.60. The minimum atomic E-state index is -1.44. The molecule has 0 saturated heterocycles. The maximum absolute atomic E-state index is 5.89. The average Bonchev–Trinajstić information content (AvgIpc) is 1.93. The molecule has 0 heterocycles. The smallest absolute Gasteiger partial charge is 0.357 e. The van der Waals surface area contributed by atoms with Gasteiger partial charge in [-0.1, -0.05) is 0 Å². The Hall–Kier alpha value is 0.0569. The molecule has 0 aliphatic rings. The van der Waals surface area contributed by atoms with Crippen molar-refractivity contribution in [2.24, 2.45) is 0 Å². The first-order valence-corrected chi connectivity index (χ1v) is 7.15. The van der Waals surface area contributed by atoms with E-state index >= 15 is 0 Å². The van der Waals surface area contributed by atoms with Gasteiger partial charge in [-0.2, -0.15) is 0 Å². The number of hydrogen-bond donors (Lipinski definition) is 0. The number of rotatable bonds is 4. The molecule has 0 aliphatic carbocycles. The van der Waals surface area contributed by atoms with Crippen LogP contribution in [0.2, 0.25) is 0 Å². The summed E-state index contributed by atoms with van der Waals surface area (Å²) in [6.07, 6.45) is -1.44. The zero-order valence-electron chi connectivity index (χ0n) is 13.6. The van der Waals surface area contributed by atoms with E-state index in [-0.39, 0.29) is 0 Å². The van der Waals surface area contributed by atoms with E-state index in [0.717, 1.165) is 0 Å². The van der Waals surface area contributed by atoms with Gasteiger partial charge in [-0.3, -0.25) is 14.2 Å². The van der Waals surface area contributed by atoms with Crippen LogP contribution in [0.3, 0.4) is 0 Å². The lowest BCUT2D eigenvalue weighted by molar-refractivity contribution is -0.523. The molecular formula is C13H30O4Si. The van der Waals surface area contributed by atoms with E-state index in [1.54, 1.807) is 0 Å². The van der Waals surface area contributed by atoms with Crippen molar-refractivity contribution in [1.82, 2.24) is 0 Å². The molecule has 0 aliphatic heterocycles. The SMILES string of the molecule is CC(C)(C)OC(O[SiH3])(OC(C)(C)C)OC(C)(C)C. The van der Waals surface area contributed by atoms with Crippen molar-refractivity contribution >= 4 is 10.5 Å². The first-order chi connectivity index (χ1) is 7.68. The summed E-state index contributed by atoms with van der Waals surface area (Å²) < 4.78 is 23.2. The zero-order chi connectivity index (χ0) is 14.8. The molecule has 0 bridgehead atoms.